The molecule has 1 aliphatic carbocycles. The van der Waals surface area contributed by atoms with Crippen molar-refractivity contribution < 1.29 is 18.9 Å². The molecule has 0 heterocycles. The third-order valence-corrected chi connectivity index (χ3v) is 11.5. The number of esters is 1. The molecule has 0 spiro atoms. The molecule has 0 fully saturated rings. The van der Waals surface area contributed by atoms with Gasteiger partial charge in [-0.2, -0.15) is 0 Å². The fourth-order valence-corrected chi connectivity index (χ4v) is 4.84. The van der Waals surface area contributed by atoms with Gasteiger partial charge in [0.2, 0.25) is 8.32 Å². The van der Waals surface area contributed by atoms with Crippen LogP contribution in [0.3, 0.4) is 0 Å². The first-order valence-electron chi connectivity index (χ1n) is 10.6. The van der Waals surface area contributed by atoms with Gasteiger partial charge in [-0.05, 0) is 43.6 Å². The average molecular weight is 446 g/mol. The van der Waals surface area contributed by atoms with Crippen molar-refractivity contribution in [1.82, 2.24) is 0 Å². The van der Waals surface area contributed by atoms with Gasteiger partial charge in [-0.3, -0.25) is 14.9 Å². The van der Waals surface area contributed by atoms with Crippen molar-refractivity contribution in [3.63, 3.8) is 0 Å². The van der Waals surface area contributed by atoms with Crippen molar-refractivity contribution in [3.8, 4) is 0 Å². The molecule has 0 amide bonds. The molecule has 0 N–H and O–H groups in total. The Morgan fingerprint density at radius 1 is 1.23 bits per heavy atom. The minimum absolute atomic E-state index is 0.00144. The van der Waals surface area contributed by atoms with Gasteiger partial charge in [0.05, 0.1) is 22.7 Å². The molecule has 0 saturated carbocycles. The summed E-state index contributed by atoms with van der Waals surface area (Å²) < 4.78 is 12.1. The lowest BCUT2D eigenvalue weighted by molar-refractivity contribution is -0.384. The normalized spacial score (nSPS) is 24.4. The number of nitrogens with zero attached hydrogens (tertiary/aromatic N) is 1. The fraction of sp³-hybridized carbons (Fsp3) is 0.542. The largest absolute Gasteiger partial charge is 0.546 e. The van der Waals surface area contributed by atoms with Crippen molar-refractivity contribution in [2.45, 2.75) is 71.5 Å². The molecule has 2 rings (SSSR count). The van der Waals surface area contributed by atoms with E-state index >= 15 is 0 Å². The van der Waals surface area contributed by atoms with Crippen LogP contribution in [-0.2, 0) is 19.4 Å². The van der Waals surface area contributed by atoms with Crippen molar-refractivity contribution in [1.29, 1.82) is 0 Å². The predicted molar refractivity (Wildman–Crippen MR) is 125 cm³/mol. The molecule has 1 aliphatic rings. The Bertz CT molecular complexity index is 913. The van der Waals surface area contributed by atoms with E-state index in [-0.39, 0.29) is 23.3 Å². The number of hydrogen-bond donors (Lipinski definition) is 0. The van der Waals surface area contributed by atoms with E-state index in [0.29, 0.717) is 12.0 Å². The molecule has 6 nitrogen and oxygen atoms in total. The van der Waals surface area contributed by atoms with E-state index in [0.717, 1.165) is 11.3 Å². The van der Waals surface area contributed by atoms with Crippen molar-refractivity contribution in [3.05, 3.63) is 63.9 Å². The van der Waals surface area contributed by atoms with E-state index in [1.54, 1.807) is 19.1 Å². The van der Waals surface area contributed by atoms with E-state index in [4.69, 9.17) is 9.16 Å². The first kappa shape index (κ1) is 24.9. The first-order valence-corrected chi connectivity index (χ1v) is 13.5. The van der Waals surface area contributed by atoms with Gasteiger partial charge in [0.1, 0.15) is 0 Å². The summed E-state index contributed by atoms with van der Waals surface area (Å²) in [5.41, 5.74) is -0.406. The molecular weight excluding hydrogens is 410 g/mol. The molecule has 0 bridgehead atoms. The Labute approximate surface area is 186 Å². The summed E-state index contributed by atoms with van der Waals surface area (Å²) in [5.74, 6) is 0.433. The molecule has 2 atom stereocenters. The molecule has 1 aromatic rings. The molecule has 1 aromatic carbocycles. The Hall–Kier alpha value is -2.41. The highest BCUT2D eigenvalue weighted by Crippen LogP contribution is 2.54. The van der Waals surface area contributed by atoms with Crippen LogP contribution >= 0.6 is 0 Å². The number of carbonyl (C=O) groups excluding carboxylic acids is 1. The van der Waals surface area contributed by atoms with Crippen LogP contribution in [-0.4, -0.2) is 25.8 Å². The highest BCUT2D eigenvalue weighted by atomic mass is 28.4. The smallest absolute Gasteiger partial charge is 0.317 e. The maximum Gasteiger partial charge on any atom is 0.317 e. The summed E-state index contributed by atoms with van der Waals surface area (Å²) in [4.78, 5) is 23.9. The first-order chi connectivity index (χ1) is 14.1. The number of ether oxygens (including phenoxy) is 1. The van der Waals surface area contributed by atoms with Crippen LogP contribution in [0.25, 0.3) is 0 Å². The minimum atomic E-state index is -2.11. The third-order valence-electron chi connectivity index (χ3n) is 7.14. The number of hydrogen-bond acceptors (Lipinski definition) is 5. The van der Waals surface area contributed by atoms with E-state index < -0.39 is 24.1 Å². The van der Waals surface area contributed by atoms with Crippen LogP contribution in [0.2, 0.25) is 18.1 Å². The summed E-state index contributed by atoms with van der Waals surface area (Å²) in [6, 6.07) is 6.33. The second-order valence-electron chi connectivity index (χ2n) is 10.1. The molecule has 7 heteroatoms. The minimum Gasteiger partial charge on any atom is -0.546 e. The number of rotatable bonds is 6. The lowest BCUT2D eigenvalue weighted by atomic mass is 9.55. The van der Waals surface area contributed by atoms with E-state index in [9.17, 15) is 14.9 Å². The lowest BCUT2D eigenvalue weighted by Gasteiger charge is -2.49. The molecule has 0 aromatic heterocycles. The second kappa shape index (κ2) is 8.26. The molecular formula is C24H35NO5Si. The molecule has 0 unspecified atom stereocenters. The molecule has 0 radical (unpaired) electrons. The van der Waals surface area contributed by atoms with Crippen LogP contribution in [0.4, 0.5) is 5.69 Å². The SMILES string of the molecule is C=C1CC(O[Si](C)(C)C(C)(C)C)=C[C@@](C)(c2ccc([N+](=O)[O-])cc2)[C@]1(C)C(=O)OCC. The zero-order chi connectivity index (χ0) is 23.8. The van der Waals surface area contributed by atoms with Gasteiger partial charge >= 0.3 is 5.97 Å². The zero-order valence-electron chi connectivity index (χ0n) is 20.0. The van der Waals surface area contributed by atoms with Crippen LogP contribution in [0.1, 0.15) is 53.5 Å². The predicted octanol–water partition coefficient (Wildman–Crippen LogP) is 6.29. The number of allylic oxidation sites excluding steroid dienone is 2. The van der Waals surface area contributed by atoms with Gasteiger partial charge in [0.15, 0.2) is 0 Å². The molecule has 0 saturated heterocycles. The topological polar surface area (TPSA) is 78.7 Å². The Morgan fingerprint density at radius 3 is 2.23 bits per heavy atom. The molecule has 31 heavy (non-hydrogen) atoms. The highest BCUT2D eigenvalue weighted by molar-refractivity contribution is 6.74. The van der Waals surface area contributed by atoms with Crippen LogP contribution in [0.5, 0.6) is 0 Å². The quantitative estimate of drug-likeness (QED) is 0.169. The van der Waals surface area contributed by atoms with Crippen LogP contribution in [0, 0.1) is 15.5 Å². The summed E-state index contributed by atoms with van der Waals surface area (Å²) in [5, 5.41) is 11.1. The summed E-state index contributed by atoms with van der Waals surface area (Å²) >= 11 is 0. The second-order valence-corrected chi connectivity index (χ2v) is 14.8. The van der Waals surface area contributed by atoms with Gasteiger partial charge in [-0.25, -0.2) is 0 Å². The van der Waals surface area contributed by atoms with Gasteiger partial charge in [0, 0.05) is 24.0 Å². The number of benzene rings is 1. The Kier molecular flexibility index (Phi) is 6.62. The van der Waals surface area contributed by atoms with Crippen molar-refractivity contribution >= 4 is 20.0 Å². The number of nitro groups is 1. The number of non-ortho nitro benzene ring substituents is 1. The van der Waals surface area contributed by atoms with Gasteiger partial charge in [-0.15, -0.1) is 0 Å². The zero-order valence-corrected chi connectivity index (χ0v) is 21.0. The van der Waals surface area contributed by atoms with Crippen molar-refractivity contribution in [2.24, 2.45) is 5.41 Å². The Balaban J connectivity index is 2.68. The van der Waals surface area contributed by atoms with E-state index in [2.05, 4.69) is 40.4 Å². The summed E-state index contributed by atoms with van der Waals surface area (Å²) in [6.45, 7) is 21.0. The summed E-state index contributed by atoms with van der Waals surface area (Å²) in [7, 11) is -2.11. The standard InChI is InChI=1S/C24H35NO5Si/c1-10-29-21(26)24(7)17(2)15-20(30-31(8,9)22(3,4)5)16-23(24,6)18-11-13-19(14-12-18)25(27)28/h11-14,16H,2,10,15H2,1,3-9H3/t23-,24-/m0/s1. The summed E-state index contributed by atoms with van der Waals surface area (Å²) in [6.07, 6.45) is 2.45. The molecule has 170 valence electrons. The van der Waals surface area contributed by atoms with Crippen LogP contribution in [0.15, 0.2) is 48.3 Å². The maximum atomic E-state index is 13.2. The fourth-order valence-electron chi connectivity index (χ4n) is 3.75. The van der Waals surface area contributed by atoms with Gasteiger partial charge in [-0.1, -0.05) is 52.0 Å². The van der Waals surface area contributed by atoms with Gasteiger partial charge < -0.3 is 9.16 Å². The monoisotopic (exact) mass is 445 g/mol. The van der Waals surface area contributed by atoms with E-state index in [1.165, 1.54) is 12.1 Å². The van der Waals surface area contributed by atoms with Gasteiger partial charge in [0.25, 0.3) is 5.69 Å². The number of nitro benzene ring substituents is 1. The van der Waals surface area contributed by atoms with E-state index in [1.807, 2.05) is 19.9 Å². The molecule has 0 aliphatic heterocycles. The van der Waals surface area contributed by atoms with Crippen LogP contribution < -0.4 is 0 Å². The highest BCUT2D eigenvalue weighted by Gasteiger charge is 2.56. The lowest BCUT2D eigenvalue weighted by Crippen LogP contribution is -2.51. The Morgan fingerprint density at radius 2 is 1.77 bits per heavy atom. The van der Waals surface area contributed by atoms with Crippen molar-refractivity contribution in [2.75, 3.05) is 6.61 Å². The third kappa shape index (κ3) is 4.33. The number of carbonyl (C=O) groups is 1. The average Bonchev–Trinajstić information content (AvgIpc) is 2.65. The maximum absolute atomic E-state index is 13.2.